The van der Waals surface area contributed by atoms with Crippen molar-refractivity contribution in [3.63, 3.8) is 0 Å². The molecule has 1 heterocycles. The van der Waals surface area contributed by atoms with E-state index in [4.69, 9.17) is 11.6 Å². The maximum absolute atomic E-state index is 12.3. The molecule has 2 rings (SSSR count). The molecule has 0 atom stereocenters. The lowest BCUT2D eigenvalue weighted by Gasteiger charge is -2.25. The van der Waals surface area contributed by atoms with Gasteiger partial charge in [-0.05, 0) is 18.8 Å². The van der Waals surface area contributed by atoms with Gasteiger partial charge in [-0.15, -0.1) is 0 Å². The highest BCUT2D eigenvalue weighted by atomic mass is 35.5. The summed E-state index contributed by atoms with van der Waals surface area (Å²) in [7, 11) is -3.07. The van der Waals surface area contributed by atoms with Gasteiger partial charge in [-0.1, -0.05) is 24.9 Å². The van der Waals surface area contributed by atoms with E-state index in [1.807, 2.05) is 0 Å². The Hall–Kier alpha value is -1.08. The minimum Gasteiger partial charge on any atom is -0.378 e. The summed E-state index contributed by atoms with van der Waals surface area (Å²) in [4.78, 5) is 12.3. The van der Waals surface area contributed by atoms with E-state index in [0.717, 1.165) is 12.8 Å². The average Bonchev–Trinajstić information content (AvgIpc) is 2.39. The first-order chi connectivity index (χ1) is 9.93. The summed E-state index contributed by atoms with van der Waals surface area (Å²) in [6.07, 6.45) is 4.87. The van der Waals surface area contributed by atoms with E-state index in [-0.39, 0.29) is 34.3 Å². The second-order valence-corrected chi connectivity index (χ2v) is 8.19. The van der Waals surface area contributed by atoms with E-state index < -0.39 is 9.84 Å². The highest BCUT2D eigenvalue weighted by Gasteiger charge is 2.20. The summed E-state index contributed by atoms with van der Waals surface area (Å²) in [5.74, 6) is 0.569. The molecule has 1 aliphatic carbocycles. The van der Waals surface area contributed by atoms with Crippen molar-refractivity contribution < 1.29 is 8.42 Å². The predicted molar refractivity (Wildman–Crippen MR) is 83.7 cm³/mol. The monoisotopic (exact) mass is 333 g/mol. The lowest BCUT2D eigenvalue weighted by Crippen LogP contribution is -2.31. The van der Waals surface area contributed by atoms with Gasteiger partial charge >= 0.3 is 0 Å². The quantitative estimate of drug-likeness (QED) is 0.818. The molecule has 0 amide bonds. The minimum absolute atomic E-state index is 0.0236. The number of hydrogen-bond donors (Lipinski definition) is 1. The molecule has 1 aliphatic rings. The van der Waals surface area contributed by atoms with Gasteiger partial charge in [0.15, 0.2) is 9.84 Å². The van der Waals surface area contributed by atoms with Crippen molar-refractivity contribution >= 4 is 27.1 Å². The largest absolute Gasteiger partial charge is 0.378 e. The van der Waals surface area contributed by atoms with Gasteiger partial charge in [-0.2, -0.15) is 5.10 Å². The topological polar surface area (TPSA) is 81.1 Å². The van der Waals surface area contributed by atoms with E-state index in [1.54, 1.807) is 6.92 Å². The fourth-order valence-electron chi connectivity index (χ4n) is 2.15. The van der Waals surface area contributed by atoms with E-state index in [2.05, 4.69) is 10.4 Å². The average molecular weight is 334 g/mol. The first-order valence-corrected chi connectivity index (χ1v) is 9.33. The van der Waals surface area contributed by atoms with Crippen molar-refractivity contribution in [2.45, 2.75) is 32.7 Å². The van der Waals surface area contributed by atoms with Gasteiger partial charge in [0.1, 0.15) is 5.69 Å². The summed E-state index contributed by atoms with van der Waals surface area (Å²) < 4.78 is 24.3. The van der Waals surface area contributed by atoms with Gasteiger partial charge in [-0.3, -0.25) is 4.79 Å². The van der Waals surface area contributed by atoms with E-state index in [1.165, 1.54) is 17.3 Å². The van der Waals surface area contributed by atoms with Crippen LogP contribution in [0.25, 0.3) is 0 Å². The lowest BCUT2D eigenvalue weighted by molar-refractivity contribution is 0.262. The lowest BCUT2D eigenvalue weighted by atomic mass is 9.85. The Balaban J connectivity index is 2.07. The van der Waals surface area contributed by atoms with Crippen LogP contribution in [0.15, 0.2) is 11.0 Å². The molecular formula is C13H20ClN3O3S. The van der Waals surface area contributed by atoms with Crippen molar-refractivity contribution in [1.82, 2.24) is 9.78 Å². The number of anilines is 1. The standard InChI is InChI=1S/C13H20ClN3O3S/c1-2-21(19,20)7-6-15-12-11(14)8-16-17(13(12)18)9-10-4-3-5-10/h8,10,15H,2-7,9H2,1H3. The Morgan fingerprint density at radius 2 is 2.19 bits per heavy atom. The number of nitrogens with one attached hydrogen (secondary N) is 1. The maximum Gasteiger partial charge on any atom is 0.291 e. The van der Waals surface area contributed by atoms with Gasteiger partial charge in [0, 0.05) is 18.8 Å². The van der Waals surface area contributed by atoms with Gasteiger partial charge in [-0.25, -0.2) is 13.1 Å². The number of sulfone groups is 1. The van der Waals surface area contributed by atoms with Gasteiger partial charge in [0.2, 0.25) is 0 Å². The van der Waals surface area contributed by atoms with Crippen LogP contribution in [0, 0.1) is 5.92 Å². The van der Waals surface area contributed by atoms with Crippen molar-refractivity contribution in [3.8, 4) is 0 Å². The van der Waals surface area contributed by atoms with Crippen LogP contribution in [-0.2, 0) is 16.4 Å². The van der Waals surface area contributed by atoms with Crippen LogP contribution in [0.1, 0.15) is 26.2 Å². The molecule has 1 aromatic rings. The molecule has 0 aromatic carbocycles. The molecular weight excluding hydrogens is 314 g/mol. The molecule has 0 unspecified atom stereocenters. The first-order valence-electron chi connectivity index (χ1n) is 7.13. The van der Waals surface area contributed by atoms with Crippen molar-refractivity contribution in [3.05, 3.63) is 21.6 Å². The molecule has 1 aromatic heterocycles. The number of nitrogens with zero attached hydrogens (tertiary/aromatic N) is 2. The summed E-state index contributed by atoms with van der Waals surface area (Å²) >= 11 is 5.98. The summed E-state index contributed by atoms with van der Waals surface area (Å²) in [6, 6.07) is 0. The third-order valence-electron chi connectivity index (χ3n) is 3.81. The molecule has 0 bridgehead atoms. The number of aromatic nitrogens is 2. The van der Waals surface area contributed by atoms with Gasteiger partial charge in [0.25, 0.3) is 5.56 Å². The van der Waals surface area contributed by atoms with Crippen LogP contribution < -0.4 is 10.9 Å². The van der Waals surface area contributed by atoms with Crippen LogP contribution in [0.4, 0.5) is 5.69 Å². The third kappa shape index (κ3) is 4.20. The van der Waals surface area contributed by atoms with Crippen molar-refractivity contribution in [2.75, 3.05) is 23.4 Å². The van der Waals surface area contributed by atoms with E-state index in [0.29, 0.717) is 12.5 Å². The maximum atomic E-state index is 12.3. The smallest absolute Gasteiger partial charge is 0.291 e. The Bertz CT molecular complexity index is 653. The summed E-state index contributed by atoms with van der Waals surface area (Å²) in [6.45, 7) is 2.36. The number of halogens is 1. The molecule has 1 N–H and O–H groups in total. The molecule has 0 radical (unpaired) electrons. The van der Waals surface area contributed by atoms with Crippen LogP contribution in [0.5, 0.6) is 0 Å². The molecule has 21 heavy (non-hydrogen) atoms. The number of hydrogen-bond acceptors (Lipinski definition) is 5. The number of rotatable bonds is 7. The van der Waals surface area contributed by atoms with Crippen LogP contribution >= 0.6 is 11.6 Å². The summed E-state index contributed by atoms with van der Waals surface area (Å²) in [5.41, 5.74) is -0.0550. The third-order valence-corrected chi connectivity index (χ3v) is 5.80. The predicted octanol–water partition coefficient (Wildman–Crippen LogP) is 1.54. The molecule has 0 spiro atoms. The zero-order chi connectivity index (χ0) is 15.5. The fourth-order valence-corrected chi connectivity index (χ4v) is 3.05. The highest BCUT2D eigenvalue weighted by Crippen LogP contribution is 2.27. The molecule has 0 saturated heterocycles. The molecule has 1 fully saturated rings. The minimum atomic E-state index is -3.07. The Morgan fingerprint density at radius 1 is 1.48 bits per heavy atom. The molecule has 118 valence electrons. The molecule has 1 saturated carbocycles. The van der Waals surface area contributed by atoms with E-state index in [9.17, 15) is 13.2 Å². The summed E-state index contributed by atoms with van der Waals surface area (Å²) in [5, 5.41) is 7.11. The Labute approximate surface area is 129 Å². The normalized spacial score (nSPS) is 15.7. The van der Waals surface area contributed by atoms with Gasteiger partial charge in [0.05, 0.1) is 17.0 Å². The van der Waals surface area contributed by atoms with Crippen LogP contribution in [0.2, 0.25) is 5.02 Å². The van der Waals surface area contributed by atoms with Crippen LogP contribution in [0.3, 0.4) is 0 Å². The first kappa shape index (κ1) is 16.3. The SMILES string of the molecule is CCS(=O)(=O)CCNc1c(Cl)cnn(CC2CCC2)c1=O. The molecule has 6 nitrogen and oxygen atoms in total. The molecule has 8 heteroatoms. The van der Waals surface area contributed by atoms with Crippen LogP contribution in [-0.4, -0.2) is 36.2 Å². The van der Waals surface area contributed by atoms with Gasteiger partial charge < -0.3 is 5.32 Å². The second-order valence-electron chi connectivity index (χ2n) is 5.31. The van der Waals surface area contributed by atoms with Crippen molar-refractivity contribution in [2.24, 2.45) is 5.92 Å². The zero-order valence-corrected chi connectivity index (χ0v) is 13.6. The Kier molecular flexibility index (Phi) is 5.27. The highest BCUT2D eigenvalue weighted by molar-refractivity contribution is 7.91. The van der Waals surface area contributed by atoms with Crippen molar-refractivity contribution in [1.29, 1.82) is 0 Å². The fraction of sp³-hybridized carbons (Fsp3) is 0.692. The zero-order valence-electron chi connectivity index (χ0n) is 12.0. The molecule has 0 aliphatic heterocycles. The van der Waals surface area contributed by atoms with E-state index >= 15 is 0 Å². The second kappa shape index (κ2) is 6.79. The Morgan fingerprint density at radius 3 is 2.76 bits per heavy atom.